The minimum atomic E-state index is -0.967. The van der Waals surface area contributed by atoms with Crippen LogP contribution in [0.3, 0.4) is 0 Å². The highest BCUT2D eigenvalue weighted by molar-refractivity contribution is 6.39. The number of rotatable bonds is 8. The Hall–Kier alpha value is -5.18. The molecule has 9 nitrogen and oxygen atoms in total. The summed E-state index contributed by atoms with van der Waals surface area (Å²) in [4.78, 5) is 37.4. The van der Waals surface area contributed by atoms with Crippen LogP contribution < -0.4 is 25.0 Å². The molecular formula is C29H25N3O6. The van der Waals surface area contributed by atoms with Crippen LogP contribution in [0, 0.1) is 0 Å². The Morgan fingerprint density at radius 1 is 0.842 bits per heavy atom. The minimum absolute atomic E-state index is 0.239. The molecule has 192 valence electrons. The number of nitrogens with zero attached hydrogens (tertiary/aromatic N) is 1. The molecule has 4 aromatic carbocycles. The van der Waals surface area contributed by atoms with Gasteiger partial charge in [-0.25, -0.2) is 10.2 Å². The summed E-state index contributed by atoms with van der Waals surface area (Å²) in [6.07, 6.45) is 1.34. The number of amides is 2. The van der Waals surface area contributed by atoms with Crippen molar-refractivity contribution in [1.29, 1.82) is 0 Å². The molecule has 0 spiro atoms. The molecule has 0 saturated heterocycles. The quantitative estimate of drug-likeness (QED) is 0.118. The molecule has 0 saturated carbocycles. The fraction of sp³-hybridized carbons (Fsp3) is 0.103. The van der Waals surface area contributed by atoms with Crippen LogP contribution in [-0.2, 0) is 9.59 Å². The molecule has 2 N–H and O–H groups in total. The first-order valence-corrected chi connectivity index (χ1v) is 11.7. The number of hydrogen-bond donors (Lipinski definition) is 2. The summed E-state index contributed by atoms with van der Waals surface area (Å²) in [6.45, 7) is 2.39. The van der Waals surface area contributed by atoms with Gasteiger partial charge in [0.1, 0.15) is 17.2 Å². The monoisotopic (exact) mass is 511 g/mol. The van der Waals surface area contributed by atoms with Gasteiger partial charge in [0.15, 0.2) is 0 Å². The summed E-state index contributed by atoms with van der Waals surface area (Å²) in [5.41, 5.74) is 3.43. The van der Waals surface area contributed by atoms with Crippen molar-refractivity contribution in [2.24, 2.45) is 5.10 Å². The van der Waals surface area contributed by atoms with Crippen molar-refractivity contribution < 1.29 is 28.6 Å². The molecule has 0 atom stereocenters. The van der Waals surface area contributed by atoms with Gasteiger partial charge in [-0.2, -0.15) is 5.10 Å². The first kappa shape index (κ1) is 25.9. The number of carbonyl (C=O) groups excluding carboxylic acids is 3. The molecule has 0 heterocycles. The molecule has 0 aromatic heterocycles. The van der Waals surface area contributed by atoms with Crippen LogP contribution in [0.15, 0.2) is 90.0 Å². The third kappa shape index (κ3) is 6.33. The molecule has 0 fully saturated rings. The molecule has 0 aliphatic carbocycles. The normalized spacial score (nSPS) is 10.7. The van der Waals surface area contributed by atoms with E-state index in [4.69, 9.17) is 14.2 Å². The number of hydrogen-bond acceptors (Lipinski definition) is 7. The lowest BCUT2D eigenvalue weighted by atomic mass is 10.0. The zero-order valence-corrected chi connectivity index (χ0v) is 20.8. The van der Waals surface area contributed by atoms with Crippen LogP contribution in [0.4, 0.5) is 5.69 Å². The molecular weight excluding hydrogens is 486 g/mol. The Kier molecular flexibility index (Phi) is 8.30. The molecule has 0 aliphatic heterocycles. The van der Waals surface area contributed by atoms with Crippen LogP contribution in [0.25, 0.3) is 10.8 Å². The van der Waals surface area contributed by atoms with E-state index < -0.39 is 17.8 Å². The Morgan fingerprint density at radius 3 is 2.26 bits per heavy atom. The number of fused-ring (bicyclic) bond motifs is 1. The number of ether oxygens (including phenoxy) is 3. The van der Waals surface area contributed by atoms with Crippen molar-refractivity contribution in [1.82, 2.24) is 5.43 Å². The topological polar surface area (TPSA) is 115 Å². The van der Waals surface area contributed by atoms with Crippen LogP contribution in [-0.4, -0.2) is 37.7 Å². The Balaban J connectivity index is 1.50. The van der Waals surface area contributed by atoms with Crippen molar-refractivity contribution in [3.63, 3.8) is 0 Å². The van der Waals surface area contributed by atoms with Crippen molar-refractivity contribution in [3.8, 4) is 17.2 Å². The standard InChI is InChI=1S/C29H25N3O6/c1-3-37-23-13-8-20(9-14-23)29(35)38-26-17-10-19-6-4-5-7-24(19)25(26)18-30-32-28(34)27(33)31-21-11-15-22(36-2)16-12-21/h4-18H,3H2,1-2H3,(H,31,33)(H,32,34)/b30-18+. The van der Waals surface area contributed by atoms with E-state index in [0.717, 1.165) is 10.8 Å². The SMILES string of the molecule is CCOc1ccc(C(=O)Oc2ccc3ccccc3c2/C=N/NC(=O)C(=O)Nc2ccc(OC)cc2)cc1. The highest BCUT2D eigenvalue weighted by Crippen LogP contribution is 2.27. The summed E-state index contributed by atoms with van der Waals surface area (Å²) in [6, 6.07) is 24.0. The number of carbonyl (C=O) groups is 3. The van der Waals surface area contributed by atoms with Crippen LogP contribution in [0.5, 0.6) is 17.2 Å². The molecule has 2 amide bonds. The molecule has 0 radical (unpaired) electrons. The number of benzene rings is 4. The maximum Gasteiger partial charge on any atom is 0.343 e. The molecule has 4 aromatic rings. The summed E-state index contributed by atoms with van der Waals surface area (Å²) < 4.78 is 16.2. The summed E-state index contributed by atoms with van der Waals surface area (Å²) >= 11 is 0. The van der Waals surface area contributed by atoms with Crippen LogP contribution in [0.2, 0.25) is 0 Å². The van der Waals surface area contributed by atoms with Gasteiger partial charge in [-0.15, -0.1) is 0 Å². The second-order valence-corrected chi connectivity index (χ2v) is 7.93. The van der Waals surface area contributed by atoms with Crippen molar-refractivity contribution in [2.75, 3.05) is 19.0 Å². The van der Waals surface area contributed by atoms with Gasteiger partial charge in [-0.1, -0.05) is 30.3 Å². The van der Waals surface area contributed by atoms with E-state index in [1.807, 2.05) is 37.3 Å². The third-order valence-corrected chi connectivity index (χ3v) is 5.45. The zero-order valence-electron chi connectivity index (χ0n) is 20.8. The predicted octanol–water partition coefficient (Wildman–Crippen LogP) is 4.56. The van der Waals surface area contributed by atoms with Crippen molar-refractivity contribution in [3.05, 3.63) is 96.1 Å². The van der Waals surface area contributed by atoms with Crippen molar-refractivity contribution in [2.45, 2.75) is 6.92 Å². The van der Waals surface area contributed by atoms with Gasteiger partial charge >= 0.3 is 17.8 Å². The van der Waals surface area contributed by atoms with Gasteiger partial charge in [0.05, 0.1) is 25.5 Å². The molecule has 0 bridgehead atoms. The third-order valence-electron chi connectivity index (χ3n) is 5.45. The van der Waals surface area contributed by atoms with Gasteiger partial charge in [0.25, 0.3) is 0 Å². The average molecular weight is 512 g/mol. The largest absolute Gasteiger partial charge is 0.497 e. The molecule has 4 rings (SSSR count). The van der Waals surface area contributed by atoms with E-state index in [9.17, 15) is 14.4 Å². The number of hydrazone groups is 1. The van der Waals surface area contributed by atoms with E-state index in [1.165, 1.54) is 13.3 Å². The van der Waals surface area contributed by atoms with E-state index >= 15 is 0 Å². The first-order chi connectivity index (χ1) is 18.5. The van der Waals surface area contributed by atoms with E-state index in [2.05, 4.69) is 15.8 Å². The number of nitrogens with one attached hydrogen (secondary N) is 2. The fourth-order valence-corrected chi connectivity index (χ4v) is 3.58. The van der Waals surface area contributed by atoms with Gasteiger partial charge in [0, 0.05) is 11.3 Å². The van der Waals surface area contributed by atoms with E-state index in [0.29, 0.717) is 34.9 Å². The minimum Gasteiger partial charge on any atom is -0.497 e. The van der Waals surface area contributed by atoms with Crippen LogP contribution >= 0.6 is 0 Å². The fourth-order valence-electron chi connectivity index (χ4n) is 3.58. The second-order valence-electron chi connectivity index (χ2n) is 7.93. The maximum atomic E-state index is 12.8. The highest BCUT2D eigenvalue weighted by Gasteiger charge is 2.15. The van der Waals surface area contributed by atoms with Gasteiger partial charge in [-0.3, -0.25) is 9.59 Å². The number of anilines is 1. The molecule has 0 aliphatic rings. The Morgan fingerprint density at radius 2 is 1.55 bits per heavy atom. The lowest BCUT2D eigenvalue weighted by Crippen LogP contribution is -2.32. The molecule has 9 heteroatoms. The Bertz CT molecular complexity index is 1480. The van der Waals surface area contributed by atoms with Gasteiger partial charge in [0.2, 0.25) is 0 Å². The molecule has 38 heavy (non-hydrogen) atoms. The lowest BCUT2D eigenvalue weighted by Gasteiger charge is -2.11. The smallest absolute Gasteiger partial charge is 0.343 e. The number of esters is 1. The Labute approximate surface area is 219 Å². The summed E-state index contributed by atoms with van der Waals surface area (Å²) in [5, 5.41) is 8.04. The maximum absolute atomic E-state index is 12.8. The van der Waals surface area contributed by atoms with Crippen LogP contribution in [0.1, 0.15) is 22.8 Å². The second kappa shape index (κ2) is 12.2. The average Bonchev–Trinajstić information content (AvgIpc) is 2.94. The van der Waals surface area contributed by atoms with E-state index in [-0.39, 0.29) is 5.75 Å². The van der Waals surface area contributed by atoms with Gasteiger partial charge < -0.3 is 19.5 Å². The summed E-state index contributed by atoms with van der Waals surface area (Å²) in [7, 11) is 1.53. The highest BCUT2D eigenvalue weighted by atomic mass is 16.5. The van der Waals surface area contributed by atoms with Crippen molar-refractivity contribution >= 4 is 40.5 Å². The predicted molar refractivity (Wildman–Crippen MR) is 144 cm³/mol. The molecule has 0 unspecified atom stereocenters. The van der Waals surface area contributed by atoms with E-state index in [1.54, 1.807) is 54.6 Å². The summed E-state index contributed by atoms with van der Waals surface area (Å²) in [5.74, 6) is -0.928. The zero-order chi connectivity index (χ0) is 26.9. The first-order valence-electron chi connectivity index (χ1n) is 11.7. The van der Waals surface area contributed by atoms with Gasteiger partial charge in [-0.05, 0) is 72.3 Å². The number of methoxy groups -OCH3 is 1. The lowest BCUT2D eigenvalue weighted by molar-refractivity contribution is -0.136.